The van der Waals surface area contributed by atoms with Crippen molar-refractivity contribution in [3.63, 3.8) is 0 Å². The largest absolute Gasteiger partial charge is 0.466 e. The Morgan fingerprint density at radius 1 is 1.06 bits per heavy atom. The molecular formula is C11H18O5. The summed E-state index contributed by atoms with van der Waals surface area (Å²) in [5.74, 6) is -0.565. The molecule has 0 amide bonds. The van der Waals surface area contributed by atoms with Crippen LogP contribution in [0.15, 0.2) is 0 Å². The van der Waals surface area contributed by atoms with Crippen molar-refractivity contribution in [1.29, 1.82) is 0 Å². The second-order valence-corrected chi connectivity index (χ2v) is 3.96. The van der Waals surface area contributed by atoms with Crippen molar-refractivity contribution in [1.82, 2.24) is 0 Å². The van der Waals surface area contributed by atoms with Gasteiger partial charge < -0.3 is 14.2 Å². The van der Waals surface area contributed by atoms with E-state index in [2.05, 4.69) is 0 Å². The molecule has 0 atom stereocenters. The summed E-state index contributed by atoms with van der Waals surface area (Å²) in [5, 5.41) is 0. The van der Waals surface area contributed by atoms with Crippen LogP contribution in [0.5, 0.6) is 0 Å². The first-order valence-electron chi connectivity index (χ1n) is 5.51. The van der Waals surface area contributed by atoms with E-state index < -0.39 is 5.41 Å². The van der Waals surface area contributed by atoms with Crippen LogP contribution in [0.2, 0.25) is 0 Å². The number of hydrogen-bond donors (Lipinski definition) is 0. The van der Waals surface area contributed by atoms with Gasteiger partial charge in [-0.1, -0.05) is 0 Å². The zero-order valence-corrected chi connectivity index (χ0v) is 9.78. The summed E-state index contributed by atoms with van der Waals surface area (Å²) in [4.78, 5) is 22.7. The van der Waals surface area contributed by atoms with Crippen LogP contribution in [0, 0.1) is 5.41 Å². The fraction of sp³-hybridized carbons (Fsp3) is 0.818. The van der Waals surface area contributed by atoms with Crippen LogP contribution in [0.25, 0.3) is 0 Å². The van der Waals surface area contributed by atoms with E-state index in [1.54, 1.807) is 13.8 Å². The molecule has 0 bridgehead atoms. The van der Waals surface area contributed by atoms with Crippen molar-refractivity contribution < 1.29 is 23.8 Å². The second kappa shape index (κ2) is 5.84. The first kappa shape index (κ1) is 13.0. The van der Waals surface area contributed by atoms with Gasteiger partial charge in [-0.05, 0) is 13.8 Å². The second-order valence-electron chi connectivity index (χ2n) is 3.96. The van der Waals surface area contributed by atoms with Gasteiger partial charge in [0.05, 0.1) is 39.3 Å². The highest BCUT2D eigenvalue weighted by Gasteiger charge is 2.43. The molecule has 0 spiro atoms. The van der Waals surface area contributed by atoms with Gasteiger partial charge in [-0.25, -0.2) is 0 Å². The van der Waals surface area contributed by atoms with E-state index in [-0.39, 0.29) is 24.8 Å². The molecule has 0 radical (unpaired) electrons. The third-order valence-corrected chi connectivity index (χ3v) is 2.47. The molecule has 1 rings (SSSR count). The van der Waals surface area contributed by atoms with Crippen molar-refractivity contribution >= 4 is 11.9 Å². The smallest absolute Gasteiger partial charge is 0.306 e. The van der Waals surface area contributed by atoms with Crippen molar-refractivity contribution in [3.8, 4) is 0 Å². The van der Waals surface area contributed by atoms with E-state index >= 15 is 0 Å². The molecule has 1 aliphatic heterocycles. The average molecular weight is 230 g/mol. The van der Waals surface area contributed by atoms with Crippen LogP contribution in [-0.4, -0.2) is 38.4 Å². The third kappa shape index (κ3) is 3.48. The molecule has 1 aliphatic rings. The minimum Gasteiger partial charge on any atom is -0.466 e. The highest BCUT2D eigenvalue weighted by molar-refractivity contribution is 5.74. The van der Waals surface area contributed by atoms with E-state index in [0.29, 0.717) is 26.4 Å². The van der Waals surface area contributed by atoms with Crippen molar-refractivity contribution in [2.45, 2.75) is 26.7 Å². The Morgan fingerprint density at radius 3 is 1.75 bits per heavy atom. The Balaban J connectivity index is 2.44. The molecule has 5 heteroatoms. The Kier molecular flexibility index (Phi) is 4.73. The summed E-state index contributed by atoms with van der Waals surface area (Å²) in [6.07, 6.45) is 0.444. The predicted octanol–water partition coefficient (Wildman–Crippen LogP) is 0.909. The van der Waals surface area contributed by atoms with Gasteiger partial charge in [0.1, 0.15) is 0 Å². The lowest BCUT2D eigenvalue weighted by molar-refractivity contribution is -0.172. The van der Waals surface area contributed by atoms with Gasteiger partial charge in [0.2, 0.25) is 0 Å². The van der Waals surface area contributed by atoms with Crippen LogP contribution in [-0.2, 0) is 23.8 Å². The number of carbonyl (C=O) groups is 2. The summed E-state index contributed by atoms with van der Waals surface area (Å²) in [6.45, 7) is 5.07. The standard InChI is InChI=1S/C11H18O5/c1-3-15-9(12)5-11(7-14-8-11)6-10(13)16-4-2/h3-8H2,1-2H3. The molecule has 0 aliphatic carbocycles. The summed E-state index contributed by atoms with van der Waals surface area (Å²) in [7, 11) is 0. The molecule has 1 saturated heterocycles. The molecule has 0 unspecified atom stereocenters. The van der Waals surface area contributed by atoms with Crippen LogP contribution in [0.1, 0.15) is 26.7 Å². The number of ether oxygens (including phenoxy) is 3. The summed E-state index contributed by atoms with van der Waals surface area (Å²) >= 11 is 0. The monoisotopic (exact) mass is 230 g/mol. The molecule has 5 nitrogen and oxygen atoms in total. The van der Waals surface area contributed by atoms with E-state index in [1.807, 2.05) is 0 Å². The molecule has 0 saturated carbocycles. The fourth-order valence-corrected chi connectivity index (χ4v) is 1.69. The van der Waals surface area contributed by atoms with Crippen LogP contribution in [0.3, 0.4) is 0 Å². The quantitative estimate of drug-likeness (QED) is 0.635. The number of hydrogen-bond acceptors (Lipinski definition) is 5. The average Bonchev–Trinajstić information content (AvgIpc) is 2.15. The topological polar surface area (TPSA) is 61.8 Å². The lowest BCUT2D eigenvalue weighted by atomic mass is 9.79. The zero-order chi connectivity index (χ0) is 12.0. The van der Waals surface area contributed by atoms with E-state index in [1.165, 1.54) is 0 Å². The Morgan fingerprint density at radius 2 is 1.50 bits per heavy atom. The van der Waals surface area contributed by atoms with Crippen LogP contribution >= 0.6 is 0 Å². The zero-order valence-electron chi connectivity index (χ0n) is 9.78. The van der Waals surface area contributed by atoms with Gasteiger partial charge in [-0.15, -0.1) is 0 Å². The van der Waals surface area contributed by atoms with Crippen LogP contribution < -0.4 is 0 Å². The maximum atomic E-state index is 11.4. The van der Waals surface area contributed by atoms with Crippen molar-refractivity contribution in [3.05, 3.63) is 0 Å². The van der Waals surface area contributed by atoms with Crippen molar-refractivity contribution in [2.24, 2.45) is 5.41 Å². The molecule has 1 heterocycles. The lowest BCUT2D eigenvalue weighted by Gasteiger charge is -2.39. The van der Waals surface area contributed by atoms with Gasteiger partial charge in [-0.2, -0.15) is 0 Å². The molecule has 92 valence electrons. The van der Waals surface area contributed by atoms with Gasteiger partial charge in [0.25, 0.3) is 0 Å². The maximum Gasteiger partial charge on any atom is 0.306 e. The maximum absolute atomic E-state index is 11.4. The molecular weight excluding hydrogens is 212 g/mol. The van der Waals surface area contributed by atoms with Gasteiger partial charge in [0.15, 0.2) is 0 Å². The molecule has 0 aromatic carbocycles. The summed E-state index contributed by atoms with van der Waals surface area (Å²) in [6, 6.07) is 0. The predicted molar refractivity (Wildman–Crippen MR) is 55.8 cm³/mol. The first-order valence-corrected chi connectivity index (χ1v) is 5.51. The number of rotatable bonds is 6. The van der Waals surface area contributed by atoms with Gasteiger partial charge in [-0.3, -0.25) is 9.59 Å². The summed E-state index contributed by atoms with van der Waals surface area (Å²) < 4.78 is 14.8. The lowest BCUT2D eigenvalue weighted by Crippen LogP contribution is -2.46. The normalized spacial score (nSPS) is 17.4. The minimum atomic E-state index is -0.404. The number of carbonyl (C=O) groups excluding carboxylic acids is 2. The minimum absolute atomic E-state index is 0.222. The molecule has 0 aromatic heterocycles. The van der Waals surface area contributed by atoms with Crippen LogP contribution in [0.4, 0.5) is 0 Å². The van der Waals surface area contributed by atoms with E-state index in [0.717, 1.165) is 0 Å². The van der Waals surface area contributed by atoms with Crippen molar-refractivity contribution in [2.75, 3.05) is 26.4 Å². The Bertz CT molecular complexity index is 235. The number of esters is 2. The Labute approximate surface area is 95.0 Å². The Hall–Kier alpha value is -1.10. The van der Waals surface area contributed by atoms with E-state index in [9.17, 15) is 9.59 Å². The van der Waals surface area contributed by atoms with E-state index in [4.69, 9.17) is 14.2 Å². The molecule has 0 aromatic rings. The fourth-order valence-electron chi connectivity index (χ4n) is 1.69. The molecule has 0 N–H and O–H groups in total. The highest BCUT2D eigenvalue weighted by atomic mass is 16.5. The SMILES string of the molecule is CCOC(=O)CC1(CC(=O)OCC)COC1. The first-order chi connectivity index (χ1) is 7.62. The highest BCUT2D eigenvalue weighted by Crippen LogP contribution is 2.35. The molecule has 1 fully saturated rings. The molecule has 16 heavy (non-hydrogen) atoms. The third-order valence-electron chi connectivity index (χ3n) is 2.47. The van der Waals surface area contributed by atoms with Gasteiger partial charge in [0, 0.05) is 5.41 Å². The van der Waals surface area contributed by atoms with Gasteiger partial charge >= 0.3 is 11.9 Å². The summed E-state index contributed by atoms with van der Waals surface area (Å²) in [5.41, 5.74) is -0.404.